The number of hydrogen-bond acceptors (Lipinski definition) is 4. The average Bonchev–Trinajstić information content (AvgIpc) is 2.67. The predicted octanol–water partition coefficient (Wildman–Crippen LogP) is 3.08. The van der Waals surface area contributed by atoms with Gasteiger partial charge in [0.15, 0.2) is 0 Å². The predicted molar refractivity (Wildman–Crippen MR) is 67.8 cm³/mol. The first-order valence-electron chi connectivity index (χ1n) is 5.61. The Balaban J connectivity index is 2.44. The molecular weight excluding hydrogens is 214 g/mol. The summed E-state index contributed by atoms with van der Waals surface area (Å²) in [6.45, 7) is 4.30. The Morgan fingerprint density at radius 2 is 2.12 bits per heavy atom. The van der Waals surface area contributed by atoms with Gasteiger partial charge >= 0.3 is 0 Å². The second-order valence-corrected chi connectivity index (χ2v) is 4.48. The molecule has 0 unspecified atom stereocenters. The summed E-state index contributed by atoms with van der Waals surface area (Å²) < 4.78 is 4.95. The molecule has 0 aliphatic rings. The number of nitrogens with zero attached hydrogens (tertiary/aromatic N) is 2. The van der Waals surface area contributed by atoms with Crippen LogP contribution in [0, 0.1) is 0 Å². The van der Waals surface area contributed by atoms with Gasteiger partial charge in [0.05, 0.1) is 10.9 Å². The number of nitrogen functional groups attached to an aromatic ring is 1. The van der Waals surface area contributed by atoms with Crippen LogP contribution in [0.5, 0.6) is 0 Å². The molecule has 0 amide bonds. The minimum atomic E-state index is 0.323. The second kappa shape index (κ2) is 3.45. The number of benzene rings is 1. The molecule has 3 aromatic rings. The first-order chi connectivity index (χ1) is 8.16. The molecule has 0 radical (unpaired) electrons. The van der Waals surface area contributed by atoms with Gasteiger partial charge in [-0.2, -0.15) is 0 Å². The Hall–Kier alpha value is -2.10. The first-order valence-corrected chi connectivity index (χ1v) is 5.61. The van der Waals surface area contributed by atoms with E-state index in [0.29, 0.717) is 17.4 Å². The summed E-state index contributed by atoms with van der Waals surface area (Å²) in [6.07, 6.45) is 0. The van der Waals surface area contributed by atoms with Crippen LogP contribution in [0.4, 0.5) is 5.88 Å². The summed E-state index contributed by atoms with van der Waals surface area (Å²) in [4.78, 5) is 4.53. The smallest absolute Gasteiger partial charge is 0.231 e. The van der Waals surface area contributed by atoms with Gasteiger partial charge in [0, 0.05) is 5.39 Å². The van der Waals surface area contributed by atoms with E-state index in [9.17, 15) is 0 Å². The molecule has 2 N–H and O–H groups in total. The molecule has 3 rings (SSSR count). The zero-order chi connectivity index (χ0) is 12.0. The standard InChI is InChI=1S/C13H13N3O/c1-7(2)9-5-3-4-8-6-10-12(14)17-16-13(10)15-11(8)9/h3-7H,14H2,1-2H3. The van der Waals surface area contributed by atoms with E-state index in [2.05, 4.69) is 30.1 Å². The van der Waals surface area contributed by atoms with Gasteiger partial charge in [-0.3, -0.25) is 0 Å². The molecule has 0 saturated heterocycles. The van der Waals surface area contributed by atoms with Gasteiger partial charge in [-0.25, -0.2) is 4.98 Å². The number of aromatic nitrogens is 2. The van der Waals surface area contributed by atoms with Crippen molar-refractivity contribution in [2.75, 3.05) is 5.73 Å². The van der Waals surface area contributed by atoms with Crippen molar-refractivity contribution >= 4 is 27.8 Å². The van der Waals surface area contributed by atoms with Crippen LogP contribution in [-0.4, -0.2) is 10.1 Å². The van der Waals surface area contributed by atoms with Crippen LogP contribution in [0.25, 0.3) is 21.9 Å². The van der Waals surface area contributed by atoms with Crippen LogP contribution in [-0.2, 0) is 0 Å². The quantitative estimate of drug-likeness (QED) is 0.693. The number of para-hydroxylation sites is 1. The van der Waals surface area contributed by atoms with Crippen molar-refractivity contribution in [2.45, 2.75) is 19.8 Å². The Labute approximate surface area is 98.4 Å². The van der Waals surface area contributed by atoms with Crippen molar-refractivity contribution in [1.29, 1.82) is 0 Å². The van der Waals surface area contributed by atoms with Crippen molar-refractivity contribution in [2.24, 2.45) is 0 Å². The lowest BCUT2D eigenvalue weighted by Gasteiger charge is -2.08. The molecule has 86 valence electrons. The minimum absolute atomic E-state index is 0.323. The van der Waals surface area contributed by atoms with E-state index in [-0.39, 0.29) is 0 Å². The van der Waals surface area contributed by atoms with E-state index in [0.717, 1.165) is 16.3 Å². The summed E-state index contributed by atoms with van der Waals surface area (Å²) in [5.74, 6) is 0.747. The summed E-state index contributed by atoms with van der Waals surface area (Å²) in [5.41, 5.74) is 8.46. The van der Waals surface area contributed by atoms with Gasteiger partial charge in [0.2, 0.25) is 11.5 Å². The van der Waals surface area contributed by atoms with Crippen LogP contribution in [0.15, 0.2) is 28.8 Å². The van der Waals surface area contributed by atoms with Gasteiger partial charge in [-0.15, -0.1) is 0 Å². The van der Waals surface area contributed by atoms with Gasteiger partial charge in [-0.05, 0) is 17.5 Å². The van der Waals surface area contributed by atoms with Crippen LogP contribution < -0.4 is 5.73 Å². The summed E-state index contributed by atoms with van der Waals surface area (Å²) >= 11 is 0. The monoisotopic (exact) mass is 227 g/mol. The lowest BCUT2D eigenvalue weighted by Crippen LogP contribution is -1.92. The summed E-state index contributed by atoms with van der Waals surface area (Å²) in [5, 5.41) is 5.70. The molecule has 0 aliphatic carbocycles. The Kier molecular flexibility index (Phi) is 2.04. The molecule has 17 heavy (non-hydrogen) atoms. The Morgan fingerprint density at radius 3 is 2.88 bits per heavy atom. The molecule has 0 fully saturated rings. The molecule has 0 atom stereocenters. The van der Waals surface area contributed by atoms with Crippen LogP contribution in [0.1, 0.15) is 25.3 Å². The molecule has 1 aromatic carbocycles. The summed E-state index contributed by atoms with van der Waals surface area (Å²) in [6, 6.07) is 8.14. The van der Waals surface area contributed by atoms with Crippen molar-refractivity contribution in [3.05, 3.63) is 29.8 Å². The van der Waals surface area contributed by atoms with Crippen molar-refractivity contribution in [1.82, 2.24) is 10.1 Å². The minimum Gasteiger partial charge on any atom is -0.367 e. The number of rotatable bonds is 1. The zero-order valence-corrected chi connectivity index (χ0v) is 9.77. The molecule has 0 spiro atoms. The maximum absolute atomic E-state index is 5.70. The highest BCUT2D eigenvalue weighted by Crippen LogP contribution is 2.28. The van der Waals surface area contributed by atoms with E-state index >= 15 is 0 Å². The SMILES string of the molecule is CC(C)c1cccc2cc3c(N)onc3nc12. The number of nitrogens with two attached hydrogens (primary N) is 1. The molecule has 2 aromatic heterocycles. The lowest BCUT2D eigenvalue weighted by molar-refractivity contribution is 0.443. The maximum atomic E-state index is 5.70. The number of fused-ring (bicyclic) bond motifs is 2. The molecule has 0 aliphatic heterocycles. The normalized spacial score (nSPS) is 11.7. The first kappa shape index (κ1) is 10.1. The molecule has 2 heterocycles. The highest BCUT2D eigenvalue weighted by Gasteiger charge is 2.11. The number of hydrogen-bond donors (Lipinski definition) is 1. The lowest BCUT2D eigenvalue weighted by atomic mass is 9.99. The van der Waals surface area contributed by atoms with Gasteiger partial charge < -0.3 is 10.3 Å². The Morgan fingerprint density at radius 1 is 1.29 bits per heavy atom. The molecule has 4 nitrogen and oxygen atoms in total. The molecule has 0 saturated carbocycles. The summed E-state index contributed by atoms with van der Waals surface area (Å²) in [7, 11) is 0. The molecular formula is C13H13N3O. The van der Waals surface area contributed by atoms with E-state index in [1.54, 1.807) is 0 Å². The van der Waals surface area contributed by atoms with E-state index in [1.807, 2.05) is 18.2 Å². The van der Waals surface area contributed by atoms with E-state index in [1.165, 1.54) is 5.56 Å². The van der Waals surface area contributed by atoms with E-state index in [4.69, 9.17) is 10.3 Å². The molecule has 4 heteroatoms. The maximum Gasteiger partial charge on any atom is 0.231 e. The number of anilines is 1. The second-order valence-electron chi connectivity index (χ2n) is 4.48. The van der Waals surface area contributed by atoms with Crippen molar-refractivity contribution in [3.63, 3.8) is 0 Å². The zero-order valence-electron chi connectivity index (χ0n) is 9.77. The van der Waals surface area contributed by atoms with E-state index < -0.39 is 0 Å². The van der Waals surface area contributed by atoms with Crippen LogP contribution >= 0.6 is 0 Å². The third kappa shape index (κ3) is 1.45. The van der Waals surface area contributed by atoms with Crippen LogP contribution in [0.3, 0.4) is 0 Å². The van der Waals surface area contributed by atoms with Crippen LogP contribution in [0.2, 0.25) is 0 Å². The fraction of sp³-hybridized carbons (Fsp3) is 0.231. The van der Waals surface area contributed by atoms with Gasteiger partial charge in [0.1, 0.15) is 0 Å². The largest absolute Gasteiger partial charge is 0.367 e. The molecule has 0 bridgehead atoms. The number of pyridine rings is 1. The topological polar surface area (TPSA) is 64.9 Å². The highest BCUT2D eigenvalue weighted by molar-refractivity contribution is 5.96. The van der Waals surface area contributed by atoms with Crippen molar-refractivity contribution < 1.29 is 4.52 Å². The third-order valence-electron chi connectivity index (χ3n) is 2.97. The third-order valence-corrected chi connectivity index (χ3v) is 2.97. The highest BCUT2D eigenvalue weighted by atomic mass is 16.5. The fourth-order valence-electron chi connectivity index (χ4n) is 2.07. The fourth-order valence-corrected chi connectivity index (χ4v) is 2.07. The van der Waals surface area contributed by atoms with Crippen molar-refractivity contribution in [3.8, 4) is 0 Å². The Bertz CT molecular complexity index is 700. The average molecular weight is 227 g/mol. The van der Waals surface area contributed by atoms with Gasteiger partial charge in [0.25, 0.3) is 0 Å². The van der Waals surface area contributed by atoms with Gasteiger partial charge in [-0.1, -0.05) is 37.2 Å².